The molecule has 0 aliphatic heterocycles. The number of rotatable bonds is 10. The first-order valence-electron chi connectivity index (χ1n) is 8.82. The normalized spacial score (nSPS) is 12.7. The summed E-state index contributed by atoms with van der Waals surface area (Å²) in [6.45, 7) is 4.11. The highest BCUT2D eigenvalue weighted by Gasteiger charge is 2.25. The third-order valence-corrected chi connectivity index (χ3v) is 5.24. The molecule has 0 heterocycles. The molecule has 0 aliphatic rings. The molecule has 0 aromatic heterocycles. The lowest BCUT2D eigenvalue weighted by Gasteiger charge is -2.18. The third-order valence-electron chi connectivity index (χ3n) is 3.84. The van der Waals surface area contributed by atoms with Crippen LogP contribution in [0.5, 0.6) is 11.5 Å². The van der Waals surface area contributed by atoms with Crippen LogP contribution in [-0.4, -0.2) is 14.5 Å². The van der Waals surface area contributed by atoms with Crippen molar-refractivity contribution in [3.8, 4) is 11.5 Å². The Morgan fingerprint density at radius 1 is 0.880 bits per heavy atom. The lowest BCUT2D eigenvalue weighted by molar-refractivity contribution is 0.183. The molecule has 5 heteroatoms. The van der Waals surface area contributed by atoms with E-state index < -0.39 is 10.1 Å². The summed E-state index contributed by atoms with van der Waals surface area (Å²) in [4.78, 5) is 0.0662. The molecule has 2 aromatic carbocycles. The Morgan fingerprint density at radius 3 is 2.24 bits per heavy atom. The van der Waals surface area contributed by atoms with Gasteiger partial charge in [-0.25, -0.2) is 0 Å². The molecule has 136 valence electrons. The van der Waals surface area contributed by atoms with Gasteiger partial charge < -0.3 is 4.74 Å². The topological polar surface area (TPSA) is 52.6 Å². The SMILES string of the molecule is CCCCC(CCC)OS(=O)(=O)c1ccccc1Oc1ccccc1. The van der Waals surface area contributed by atoms with Crippen molar-refractivity contribution in [3.05, 3.63) is 54.6 Å². The summed E-state index contributed by atoms with van der Waals surface area (Å²) in [7, 11) is -3.89. The largest absolute Gasteiger partial charge is 0.456 e. The minimum atomic E-state index is -3.89. The molecular weight excluding hydrogens is 336 g/mol. The Labute approximate surface area is 150 Å². The zero-order valence-corrected chi connectivity index (χ0v) is 15.7. The van der Waals surface area contributed by atoms with Crippen LogP contribution in [0.15, 0.2) is 59.5 Å². The van der Waals surface area contributed by atoms with E-state index >= 15 is 0 Å². The van der Waals surface area contributed by atoms with Crippen LogP contribution < -0.4 is 4.74 Å². The number of hydrogen-bond donors (Lipinski definition) is 0. The van der Waals surface area contributed by atoms with Gasteiger partial charge in [0.25, 0.3) is 0 Å². The summed E-state index contributed by atoms with van der Waals surface area (Å²) in [5.41, 5.74) is 0. The van der Waals surface area contributed by atoms with E-state index in [1.807, 2.05) is 25.1 Å². The Balaban J connectivity index is 2.23. The quantitative estimate of drug-likeness (QED) is 0.520. The van der Waals surface area contributed by atoms with E-state index in [0.717, 1.165) is 32.1 Å². The number of benzene rings is 2. The Bertz CT molecular complexity index is 741. The van der Waals surface area contributed by atoms with Crippen LogP contribution in [-0.2, 0) is 14.3 Å². The van der Waals surface area contributed by atoms with Gasteiger partial charge in [-0.3, -0.25) is 4.18 Å². The fourth-order valence-electron chi connectivity index (χ4n) is 2.58. The monoisotopic (exact) mass is 362 g/mol. The van der Waals surface area contributed by atoms with Crippen LogP contribution in [0.1, 0.15) is 46.0 Å². The fraction of sp³-hybridized carbons (Fsp3) is 0.400. The predicted molar refractivity (Wildman–Crippen MR) is 99.4 cm³/mol. The third kappa shape index (κ3) is 5.87. The van der Waals surface area contributed by atoms with Crippen molar-refractivity contribution < 1.29 is 17.3 Å². The lowest BCUT2D eigenvalue weighted by Crippen LogP contribution is -2.19. The van der Waals surface area contributed by atoms with E-state index in [1.165, 1.54) is 6.07 Å². The average molecular weight is 362 g/mol. The van der Waals surface area contributed by atoms with Crippen LogP contribution in [0.3, 0.4) is 0 Å². The second-order valence-electron chi connectivity index (χ2n) is 5.97. The van der Waals surface area contributed by atoms with Gasteiger partial charge in [0, 0.05) is 0 Å². The van der Waals surface area contributed by atoms with Crippen LogP contribution in [0.25, 0.3) is 0 Å². The van der Waals surface area contributed by atoms with Crippen LogP contribution >= 0.6 is 0 Å². The molecule has 0 fully saturated rings. The molecule has 1 atom stereocenters. The molecule has 0 radical (unpaired) electrons. The number of para-hydroxylation sites is 2. The molecule has 1 unspecified atom stereocenters. The number of ether oxygens (including phenoxy) is 1. The van der Waals surface area contributed by atoms with Gasteiger partial charge in [0.05, 0.1) is 6.10 Å². The first kappa shape index (κ1) is 19.5. The Kier molecular flexibility index (Phi) is 7.47. The van der Waals surface area contributed by atoms with Gasteiger partial charge in [0.2, 0.25) is 0 Å². The molecule has 0 saturated carbocycles. The van der Waals surface area contributed by atoms with Crippen molar-refractivity contribution in [2.24, 2.45) is 0 Å². The Hall–Kier alpha value is -1.85. The van der Waals surface area contributed by atoms with E-state index in [-0.39, 0.29) is 16.7 Å². The molecule has 0 aliphatic carbocycles. The van der Waals surface area contributed by atoms with E-state index in [1.54, 1.807) is 30.3 Å². The van der Waals surface area contributed by atoms with Gasteiger partial charge >= 0.3 is 10.1 Å². The fourth-order valence-corrected chi connectivity index (χ4v) is 3.84. The van der Waals surface area contributed by atoms with Crippen molar-refractivity contribution in [1.29, 1.82) is 0 Å². The summed E-state index contributed by atoms with van der Waals surface area (Å²) >= 11 is 0. The van der Waals surface area contributed by atoms with E-state index in [4.69, 9.17) is 8.92 Å². The first-order chi connectivity index (χ1) is 12.1. The summed E-state index contributed by atoms with van der Waals surface area (Å²) in [5.74, 6) is 0.862. The second kappa shape index (κ2) is 9.59. The van der Waals surface area contributed by atoms with Crippen molar-refractivity contribution in [3.63, 3.8) is 0 Å². The lowest BCUT2D eigenvalue weighted by atomic mass is 10.1. The minimum Gasteiger partial charge on any atom is -0.456 e. The van der Waals surface area contributed by atoms with Crippen LogP contribution in [0, 0.1) is 0 Å². The molecule has 2 rings (SSSR count). The highest BCUT2D eigenvalue weighted by molar-refractivity contribution is 7.86. The number of hydrogen-bond acceptors (Lipinski definition) is 4. The molecule has 0 spiro atoms. The first-order valence-corrected chi connectivity index (χ1v) is 10.2. The molecule has 0 N–H and O–H groups in total. The van der Waals surface area contributed by atoms with Gasteiger partial charge in [0.1, 0.15) is 16.4 Å². The molecule has 0 saturated heterocycles. The highest BCUT2D eigenvalue weighted by Crippen LogP contribution is 2.31. The van der Waals surface area contributed by atoms with Crippen molar-refractivity contribution in [2.75, 3.05) is 0 Å². The molecule has 0 amide bonds. The van der Waals surface area contributed by atoms with E-state index in [0.29, 0.717) is 5.75 Å². The zero-order chi connectivity index (χ0) is 18.1. The minimum absolute atomic E-state index is 0.0662. The Morgan fingerprint density at radius 2 is 1.56 bits per heavy atom. The molecule has 2 aromatic rings. The van der Waals surface area contributed by atoms with Gasteiger partial charge in [-0.05, 0) is 37.1 Å². The van der Waals surface area contributed by atoms with Crippen LogP contribution in [0.4, 0.5) is 0 Å². The zero-order valence-electron chi connectivity index (χ0n) is 14.9. The van der Waals surface area contributed by atoms with Crippen LogP contribution in [0.2, 0.25) is 0 Å². The summed E-state index contributed by atoms with van der Waals surface area (Å²) in [5, 5.41) is 0. The van der Waals surface area contributed by atoms with Crippen molar-refractivity contribution in [1.82, 2.24) is 0 Å². The highest BCUT2D eigenvalue weighted by atomic mass is 32.2. The number of unbranched alkanes of at least 4 members (excludes halogenated alkanes) is 1. The summed E-state index contributed by atoms with van der Waals surface area (Å²) in [6, 6.07) is 15.7. The van der Waals surface area contributed by atoms with E-state index in [9.17, 15) is 8.42 Å². The maximum absolute atomic E-state index is 12.8. The van der Waals surface area contributed by atoms with Gasteiger partial charge in [-0.1, -0.05) is 63.4 Å². The van der Waals surface area contributed by atoms with Crippen molar-refractivity contribution >= 4 is 10.1 Å². The van der Waals surface area contributed by atoms with Crippen molar-refractivity contribution in [2.45, 2.75) is 57.0 Å². The predicted octanol–water partition coefficient (Wildman–Crippen LogP) is 5.54. The average Bonchev–Trinajstić information content (AvgIpc) is 2.61. The smallest absolute Gasteiger partial charge is 0.300 e. The molecular formula is C20H26O4S. The summed E-state index contributed by atoms with van der Waals surface area (Å²) in [6.07, 6.45) is 4.01. The molecule has 25 heavy (non-hydrogen) atoms. The maximum Gasteiger partial charge on any atom is 0.300 e. The van der Waals surface area contributed by atoms with E-state index in [2.05, 4.69) is 6.92 Å². The van der Waals surface area contributed by atoms with Gasteiger partial charge in [0.15, 0.2) is 0 Å². The molecule has 4 nitrogen and oxygen atoms in total. The second-order valence-corrected chi connectivity index (χ2v) is 7.51. The molecule has 0 bridgehead atoms. The van der Waals surface area contributed by atoms with Gasteiger partial charge in [-0.2, -0.15) is 8.42 Å². The summed E-state index contributed by atoms with van der Waals surface area (Å²) < 4.78 is 36.9. The van der Waals surface area contributed by atoms with Gasteiger partial charge in [-0.15, -0.1) is 0 Å². The maximum atomic E-state index is 12.8. The standard InChI is InChI=1S/C20H26O4S/c1-3-5-12-18(11-4-2)24-25(21,22)20-16-10-9-15-19(20)23-17-13-7-6-8-14-17/h6-10,13-16,18H,3-5,11-12H2,1-2H3.